The van der Waals surface area contributed by atoms with Crippen molar-refractivity contribution in [3.8, 4) is 11.4 Å². The van der Waals surface area contributed by atoms with Crippen molar-refractivity contribution in [2.45, 2.75) is 20.0 Å². The van der Waals surface area contributed by atoms with Gasteiger partial charge in [0.15, 0.2) is 10.6 Å². The maximum absolute atomic E-state index is 14.2. The summed E-state index contributed by atoms with van der Waals surface area (Å²) < 4.78 is 18.3. The van der Waals surface area contributed by atoms with Crippen molar-refractivity contribution in [3.63, 3.8) is 0 Å². The van der Waals surface area contributed by atoms with Gasteiger partial charge in [-0.05, 0) is 42.4 Å². The molecule has 33 heavy (non-hydrogen) atoms. The van der Waals surface area contributed by atoms with E-state index in [0.29, 0.717) is 29.4 Å². The van der Waals surface area contributed by atoms with Crippen molar-refractivity contribution >= 4 is 23.8 Å². The lowest BCUT2D eigenvalue weighted by molar-refractivity contribution is -0.117. The molecule has 1 fully saturated rings. The van der Waals surface area contributed by atoms with E-state index in [-0.39, 0.29) is 11.7 Å². The summed E-state index contributed by atoms with van der Waals surface area (Å²) in [5, 5.41) is 7.62. The number of carbonyl (C=O) groups excluding carboxylic acids is 1. The fourth-order valence-electron chi connectivity index (χ4n) is 4.08. The second kappa shape index (κ2) is 10.4. The van der Waals surface area contributed by atoms with Crippen LogP contribution in [0.15, 0.2) is 48.5 Å². The topological polar surface area (TPSA) is 58.3 Å². The van der Waals surface area contributed by atoms with E-state index in [1.807, 2.05) is 24.3 Å². The quantitative estimate of drug-likeness (QED) is 0.538. The Morgan fingerprint density at radius 1 is 1.06 bits per heavy atom. The number of amides is 1. The number of nitrogens with one attached hydrogen (secondary N) is 1. The average molecular weight is 469 g/mol. The number of hydrogen-bond donors (Lipinski definition) is 1. The fraction of sp³-hybridized carbons (Fsp3) is 0.375. The number of nitrogens with zero attached hydrogens (tertiary/aromatic N) is 5. The van der Waals surface area contributed by atoms with Gasteiger partial charge in [0.25, 0.3) is 0 Å². The Morgan fingerprint density at radius 3 is 2.45 bits per heavy atom. The van der Waals surface area contributed by atoms with E-state index in [4.69, 9.17) is 12.2 Å². The third kappa shape index (κ3) is 5.38. The summed E-state index contributed by atoms with van der Waals surface area (Å²) in [7, 11) is 1.81. The Morgan fingerprint density at radius 2 is 1.73 bits per heavy atom. The van der Waals surface area contributed by atoms with Crippen LogP contribution in [0.25, 0.3) is 11.4 Å². The molecule has 0 spiro atoms. The highest BCUT2D eigenvalue weighted by atomic mass is 32.1. The molecule has 4 rings (SSSR count). The van der Waals surface area contributed by atoms with Crippen molar-refractivity contribution in [2.24, 2.45) is 7.05 Å². The zero-order valence-corrected chi connectivity index (χ0v) is 19.8. The predicted molar refractivity (Wildman–Crippen MR) is 130 cm³/mol. The van der Waals surface area contributed by atoms with E-state index in [0.717, 1.165) is 43.9 Å². The molecule has 3 aromatic rings. The molecule has 0 unspecified atom stereocenters. The summed E-state index contributed by atoms with van der Waals surface area (Å²) >= 11 is 5.54. The lowest BCUT2D eigenvalue weighted by Gasteiger charge is -2.34. The van der Waals surface area contributed by atoms with E-state index < -0.39 is 0 Å². The van der Waals surface area contributed by atoms with Crippen LogP contribution in [-0.2, 0) is 24.9 Å². The van der Waals surface area contributed by atoms with Gasteiger partial charge in [-0.15, -0.1) is 0 Å². The van der Waals surface area contributed by atoms with Crippen molar-refractivity contribution in [1.29, 1.82) is 0 Å². The van der Waals surface area contributed by atoms with Crippen molar-refractivity contribution < 1.29 is 9.18 Å². The fourth-order valence-corrected chi connectivity index (χ4v) is 4.26. The standard InChI is InChI=1S/C24H29FN6OS/c1-3-18-8-4-7-11-21(18)26-22(32)16-29-12-14-30(15-13-29)17-31-24(33)28(2)23(27-31)19-9-5-6-10-20(19)25/h4-11H,3,12-17H2,1-2H3,(H,26,32). The molecular formula is C24H29FN6OS. The molecular weight excluding hydrogens is 439 g/mol. The second-order valence-corrected chi connectivity index (χ2v) is 8.60. The molecule has 2 aromatic carbocycles. The molecule has 1 N–H and O–H groups in total. The van der Waals surface area contributed by atoms with E-state index in [2.05, 4.69) is 27.1 Å². The van der Waals surface area contributed by atoms with Crippen molar-refractivity contribution in [1.82, 2.24) is 24.1 Å². The molecule has 1 amide bonds. The molecule has 1 aromatic heterocycles. The molecule has 9 heteroatoms. The summed E-state index contributed by atoms with van der Waals surface area (Å²) in [5.41, 5.74) is 2.46. The number of anilines is 1. The van der Waals surface area contributed by atoms with Crippen LogP contribution in [0.2, 0.25) is 0 Å². The van der Waals surface area contributed by atoms with Gasteiger partial charge in [-0.2, -0.15) is 5.10 Å². The minimum Gasteiger partial charge on any atom is -0.325 e. The molecule has 0 aliphatic carbocycles. The Bertz CT molecular complexity index is 1180. The summed E-state index contributed by atoms with van der Waals surface area (Å²) in [5.74, 6) is 0.202. The minimum atomic E-state index is -0.318. The first-order valence-corrected chi connectivity index (χ1v) is 11.6. The first kappa shape index (κ1) is 23.3. The van der Waals surface area contributed by atoms with Gasteiger partial charge in [-0.3, -0.25) is 14.6 Å². The Labute approximate surface area is 198 Å². The summed E-state index contributed by atoms with van der Waals surface area (Å²) in [6, 6.07) is 14.5. The van der Waals surface area contributed by atoms with Gasteiger partial charge in [0, 0.05) is 38.9 Å². The number of aryl methyl sites for hydroxylation is 1. The first-order chi connectivity index (χ1) is 16.0. The third-order valence-corrected chi connectivity index (χ3v) is 6.48. The normalized spacial score (nSPS) is 15.0. The third-order valence-electron chi connectivity index (χ3n) is 5.99. The van der Waals surface area contributed by atoms with E-state index in [1.165, 1.54) is 6.07 Å². The summed E-state index contributed by atoms with van der Waals surface area (Å²) in [6.07, 6.45) is 0.879. The van der Waals surface area contributed by atoms with Gasteiger partial charge < -0.3 is 9.88 Å². The molecule has 0 atom stereocenters. The number of benzene rings is 2. The van der Waals surface area contributed by atoms with Gasteiger partial charge in [0.05, 0.1) is 18.8 Å². The lowest BCUT2D eigenvalue weighted by atomic mass is 10.1. The Kier molecular flexibility index (Phi) is 7.32. The number of hydrogen-bond acceptors (Lipinski definition) is 5. The molecule has 1 aliphatic heterocycles. The maximum atomic E-state index is 14.2. The zero-order chi connectivity index (χ0) is 23.4. The Balaban J connectivity index is 1.33. The van der Waals surface area contributed by atoms with Crippen LogP contribution < -0.4 is 5.32 Å². The van der Waals surface area contributed by atoms with Crippen LogP contribution >= 0.6 is 12.2 Å². The number of para-hydroxylation sites is 1. The van der Waals surface area contributed by atoms with Crippen LogP contribution in [0.5, 0.6) is 0 Å². The maximum Gasteiger partial charge on any atom is 0.238 e. The molecule has 174 valence electrons. The molecule has 0 bridgehead atoms. The zero-order valence-electron chi connectivity index (χ0n) is 19.0. The van der Waals surface area contributed by atoms with Crippen LogP contribution in [0.4, 0.5) is 10.1 Å². The van der Waals surface area contributed by atoms with E-state index in [9.17, 15) is 9.18 Å². The van der Waals surface area contributed by atoms with Crippen LogP contribution in [0.3, 0.4) is 0 Å². The van der Waals surface area contributed by atoms with E-state index >= 15 is 0 Å². The number of carbonyl (C=O) groups is 1. The van der Waals surface area contributed by atoms with Crippen molar-refractivity contribution in [3.05, 3.63) is 64.7 Å². The van der Waals surface area contributed by atoms with Crippen LogP contribution in [0.1, 0.15) is 12.5 Å². The SMILES string of the molecule is CCc1ccccc1NC(=O)CN1CCN(Cn2nc(-c3ccccc3F)n(C)c2=S)CC1. The average Bonchev–Trinajstić information content (AvgIpc) is 3.09. The van der Waals surface area contributed by atoms with Gasteiger partial charge in [-0.1, -0.05) is 37.3 Å². The monoisotopic (exact) mass is 468 g/mol. The Hall–Kier alpha value is -2.88. The van der Waals surface area contributed by atoms with Crippen LogP contribution in [0, 0.1) is 10.6 Å². The van der Waals surface area contributed by atoms with E-state index in [1.54, 1.807) is 34.5 Å². The van der Waals surface area contributed by atoms with Crippen LogP contribution in [-0.4, -0.2) is 62.8 Å². The molecule has 1 saturated heterocycles. The number of piperazine rings is 1. The predicted octanol–water partition coefficient (Wildman–Crippen LogP) is 3.53. The summed E-state index contributed by atoms with van der Waals surface area (Å²) in [6.45, 7) is 6.14. The largest absolute Gasteiger partial charge is 0.325 e. The highest BCUT2D eigenvalue weighted by Crippen LogP contribution is 2.21. The number of rotatable bonds is 7. The number of halogens is 1. The lowest BCUT2D eigenvalue weighted by Crippen LogP contribution is -2.49. The smallest absolute Gasteiger partial charge is 0.238 e. The molecule has 0 radical (unpaired) electrons. The molecule has 2 heterocycles. The minimum absolute atomic E-state index is 0.00539. The second-order valence-electron chi connectivity index (χ2n) is 8.24. The number of aromatic nitrogens is 3. The van der Waals surface area contributed by atoms with Gasteiger partial charge >= 0.3 is 0 Å². The molecule has 7 nitrogen and oxygen atoms in total. The van der Waals surface area contributed by atoms with Crippen molar-refractivity contribution in [2.75, 3.05) is 38.0 Å². The molecule has 1 aliphatic rings. The summed E-state index contributed by atoms with van der Waals surface area (Å²) in [4.78, 5) is 16.9. The highest BCUT2D eigenvalue weighted by molar-refractivity contribution is 7.71. The molecule has 0 saturated carbocycles. The van der Waals surface area contributed by atoms with Gasteiger partial charge in [0.2, 0.25) is 5.91 Å². The van der Waals surface area contributed by atoms with Gasteiger partial charge in [-0.25, -0.2) is 9.07 Å². The highest BCUT2D eigenvalue weighted by Gasteiger charge is 2.21. The van der Waals surface area contributed by atoms with Gasteiger partial charge in [0.1, 0.15) is 5.82 Å². The first-order valence-electron chi connectivity index (χ1n) is 11.2.